The monoisotopic (exact) mass is 577 g/mol. The minimum Gasteiger partial charge on any atom is -0.506 e. The lowest BCUT2D eigenvalue weighted by Crippen LogP contribution is -2.52. The van der Waals surface area contributed by atoms with Crippen molar-refractivity contribution in [3.8, 4) is 5.75 Å². The van der Waals surface area contributed by atoms with Gasteiger partial charge in [-0.15, -0.1) is 0 Å². The predicted octanol–water partition coefficient (Wildman–Crippen LogP) is 2.79. The van der Waals surface area contributed by atoms with Gasteiger partial charge in [-0.25, -0.2) is 4.98 Å². The first kappa shape index (κ1) is 28.1. The van der Waals surface area contributed by atoms with Gasteiger partial charge in [-0.3, -0.25) is 4.79 Å². The first-order valence-electron chi connectivity index (χ1n) is 13.2. The van der Waals surface area contributed by atoms with Crippen LogP contribution in [0, 0.1) is 0 Å². The average Bonchev–Trinajstić information content (AvgIpc) is 3.46. The second-order valence-corrected chi connectivity index (χ2v) is 10.3. The van der Waals surface area contributed by atoms with E-state index in [0.29, 0.717) is 47.8 Å². The summed E-state index contributed by atoms with van der Waals surface area (Å²) in [6, 6.07) is 11.0. The number of rotatable bonds is 10. The van der Waals surface area contributed by atoms with Crippen molar-refractivity contribution in [3.05, 3.63) is 71.8 Å². The van der Waals surface area contributed by atoms with Crippen LogP contribution < -0.4 is 32.3 Å². The lowest BCUT2D eigenvalue weighted by Gasteiger charge is -2.34. The number of piperidine rings is 1. The first-order valence-corrected chi connectivity index (χ1v) is 13.6. The average molecular weight is 578 g/mol. The molecule has 1 aliphatic rings. The van der Waals surface area contributed by atoms with Crippen LogP contribution in [0.5, 0.6) is 5.75 Å². The Morgan fingerprint density at radius 2 is 1.80 bits per heavy atom. The number of phenols is 1. The highest BCUT2D eigenvalue weighted by atomic mass is 35.5. The topological polar surface area (TPSA) is 185 Å². The smallest absolute Gasteiger partial charge is 0.255 e. The fourth-order valence-electron chi connectivity index (χ4n) is 4.50. The number of nitrogens with two attached hydrogens (primary N) is 2. The summed E-state index contributed by atoms with van der Waals surface area (Å²) in [7, 11) is 0. The van der Waals surface area contributed by atoms with Crippen LogP contribution in [-0.2, 0) is 6.54 Å². The van der Waals surface area contributed by atoms with Crippen LogP contribution in [0.4, 0.5) is 29.2 Å². The molecule has 0 saturated carbocycles. The maximum atomic E-state index is 12.6. The van der Waals surface area contributed by atoms with Crippen LogP contribution >= 0.6 is 11.6 Å². The summed E-state index contributed by atoms with van der Waals surface area (Å²) >= 11 is 5.90. The van der Waals surface area contributed by atoms with Crippen molar-refractivity contribution in [1.29, 1.82) is 0 Å². The molecule has 1 saturated heterocycles. The quantitative estimate of drug-likeness (QED) is 0.120. The zero-order valence-electron chi connectivity index (χ0n) is 22.2. The van der Waals surface area contributed by atoms with Gasteiger partial charge in [0.1, 0.15) is 5.75 Å². The highest BCUT2D eigenvalue weighted by Gasteiger charge is 2.25. The number of nitrogens with one attached hydrogen (secondary N) is 3. The van der Waals surface area contributed by atoms with Gasteiger partial charge in [-0.05, 0) is 49.2 Å². The molecule has 0 bridgehead atoms. The molecule has 14 heteroatoms. The third-order valence-corrected chi connectivity index (χ3v) is 6.72. The Morgan fingerprint density at radius 1 is 1.05 bits per heavy atom. The molecule has 214 valence electrons. The summed E-state index contributed by atoms with van der Waals surface area (Å²) in [5.41, 5.74) is 13.6. The SMILES string of the molecule is N[C@@H]1C[C@H](N)CN(c2nc(NCCCn3ccnc3)nc(Nc3ccc(NC(=O)c4ccc(Cl)cc4)c(O)c3)n2)C1. The highest BCUT2D eigenvalue weighted by Crippen LogP contribution is 2.29. The largest absolute Gasteiger partial charge is 0.506 e. The van der Waals surface area contributed by atoms with E-state index < -0.39 is 0 Å². The molecule has 1 amide bonds. The molecular formula is C27H32ClN11O2. The number of aryl methyl sites for hydroxylation is 1. The predicted molar refractivity (Wildman–Crippen MR) is 159 cm³/mol. The summed E-state index contributed by atoms with van der Waals surface area (Å²) in [6.07, 6.45) is 6.99. The molecule has 3 heterocycles. The number of benzene rings is 2. The normalized spacial score (nSPS) is 16.8. The van der Waals surface area contributed by atoms with Crippen LogP contribution in [0.25, 0.3) is 0 Å². The molecule has 2 aromatic carbocycles. The van der Waals surface area contributed by atoms with Gasteiger partial charge in [-0.1, -0.05) is 11.6 Å². The first-order chi connectivity index (χ1) is 19.8. The molecule has 0 aliphatic carbocycles. The van der Waals surface area contributed by atoms with Crippen molar-refractivity contribution >= 4 is 46.7 Å². The number of nitrogens with zero attached hydrogens (tertiary/aromatic N) is 6. The van der Waals surface area contributed by atoms with Crippen LogP contribution in [0.2, 0.25) is 5.02 Å². The maximum Gasteiger partial charge on any atom is 0.255 e. The number of aromatic nitrogens is 5. The molecule has 4 aromatic rings. The van der Waals surface area contributed by atoms with E-state index >= 15 is 0 Å². The number of carbonyl (C=O) groups excluding carboxylic acids is 1. The fourth-order valence-corrected chi connectivity index (χ4v) is 4.63. The van der Waals surface area contributed by atoms with E-state index in [1.54, 1.807) is 48.9 Å². The van der Waals surface area contributed by atoms with Gasteiger partial charge in [0.15, 0.2) is 0 Å². The summed E-state index contributed by atoms with van der Waals surface area (Å²) < 4.78 is 2.00. The lowest BCUT2D eigenvalue weighted by molar-refractivity contribution is 0.102. The second kappa shape index (κ2) is 12.8. The Labute approximate surface area is 242 Å². The van der Waals surface area contributed by atoms with E-state index in [1.807, 2.05) is 15.7 Å². The summed E-state index contributed by atoms with van der Waals surface area (Å²) in [6.45, 7) is 2.56. The third-order valence-electron chi connectivity index (χ3n) is 6.47. The number of hydrogen-bond donors (Lipinski definition) is 6. The third kappa shape index (κ3) is 7.60. The second-order valence-electron chi connectivity index (χ2n) is 9.84. The number of aromatic hydroxyl groups is 1. The Balaban J connectivity index is 1.30. The van der Waals surface area contributed by atoms with Crippen LogP contribution in [0.1, 0.15) is 23.2 Å². The molecule has 41 heavy (non-hydrogen) atoms. The Bertz CT molecular complexity index is 1460. The number of halogens is 1. The van der Waals surface area contributed by atoms with Crippen molar-refractivity contribution in [1.82, 2.24) is 24.5 Å². The van der Waals surface area contributed by atoms with E-state index in [2.05, 4.69) is 35.9 Å². The molecule has 8 N–H and O–H groups in total. The van der Waals surface area contributed by atoms with Gasteiger partial charge in [0.05, 0.1) is 12.0 Å². The Kier molecular flexibility index (Phi) is 8.77. The highest BCUT2D eigenvalue weighted by molar-refractivity contribution is 6.30. The van der Waals surface area contributed by atoms with Crippen LogP contribution in [0.3, 0.4) is 0 Å². The zero-order chi connectivity index (χ0) is 28.8. The maximum absolute atomic E-state index is 12.6. The van der Waals surface area contributed by atoms with Crippen LogP contribution in [-0.4, -0.2) is 67.2 Å². The molecule has 1 fully saturated rings. The van der Waals surface area contributed by atoms with Gasteiger partial charge in [0.2, 0.25) is 17.8 Å². The van der Waals surface area contributed by atoms with Crippen LogP contribution in [0.15, 0.2) is 61.2 Å². The van der Waals surface area contributed by atoms with Gasteiger partial charge >= 0.3 is 0 Å². The summed E-state index contributed by atoms with van der Waals surface area (Å²) in [4.78, 5) is 32.3. The van der Waals surface area contributed by atoms with Crippen molar-refractivity contribution in [2.45, 2.75) is 31.5 Å². The number of phenolic OH excluding ortho intramolecular Hbond substituents is 1. The van der Waals surface area contributed by atoms with Gasteiger partial charge < -0.3 is 42.0 Å². The number of amides is 1. The Hall–Kier alpha value is -4.46. The van der Waals surface area contributed by atoms with Gasteiger partial charge in [-0.2, -0.15) is 15.0 Å². The minimum absolute atomic E-state index is 0.0916. The molecule has 1 aliphatic heterocycles. The molecule has 13 nitrogen and oxygen atoms in total. The van der Waals surface area contributed by atoms with Crippen molar-refractivity contribution < 1.29 is 9.90 Å². The summed E-state index contributed by atoms with van der Waals surface area (Å²) in [5, 5.41) is 20.2. The van der Waals surface area contributed by atoms with E-state index in [4.69, 9.17) is 23.1 Å². The zero-order valence-corrected chi connectivity index (χ0v) is 23.0. The number of carbonyl (C=O) groups is 1. The van der Waals surface area contributed by atoms with Gasteiger partial charge in [0.25, 0.3) is 5.91 Å². The molecule has 0 radical (unpaired) electrons. The van der Waals surface area contributed by atoms with Crippen molar-refractivity contribution in [2.75, 3.05) is 40.5 Å². The molecule has 0 spiro atoms. The summed E-state index contributed by atoms with van der Waals surface area (Å²) in [5.74, 6) is 0.615. The van der Waals surface area contributed by atoms with E-state index in [0.717, 1.165) is 19.4 Å². The van der Waals surface area contributed by atoms with Crippen molar-refractivity contribution in [2.24, 2.45) is 11.5 Å². The number of imidazole rings is 1. The van der Waals surface area contributed by atoms with E-state index in [9.17, 15) is 9.90 Å². The number of hydrogen-bond acceptors (Lipinski definition) is 11. The van der Waals surface area contributed by atoms with Crippen molar-refractivity contribution in [3.63, 3.8) is 0 Å². The Morgan fingerprint density at radius 3 is 2.51 bits per heavy atom. The standard InChI is InChI=1S/C27H32ClN11O2/c28-18-4-2-17(3-5-18)24(41)34-22-7-6-21(13-23(22)40)33-26-35-25(32-8-1-10-38-11-9-31-16-38)36-27(37-26)39-14-19(29)12-20(30)15-39/h2-7,9,11,13,16,19-20,40H,1,8,10,12,14-15,29-30H2,(H,34,41)(H2,32,33,35,36,37)/t19-,20+. The molecule has 2 atom stereocenters. The molecular weight excluding hydrogens is 546 g/mol. The van der Waals surface area contributed by atoms with E-state index in [-0.39, 0.29) is 35.4 Å². The molecule has 0 unspecified atom stereocenters. The van der Waals surface area contributed by atoms with E-state index in [1.165, 1.54) is 6.07 Å². The lowest BCUT2D eigenvalue weighted by atomic mass is 10.0. The number of anilines is 5. The molecule has 2 aromatic heterocycles. The fraction of sp³-hybridized carbons (Fsp3) is 0.296. The molecule has 5 rings (SSSR count). The van der Waals surface area contributed by atoms with Gasteiger partial charge in [0, 0.05) is 73.0 Å². The minimum atomic E-state index is -0.374.